The molecule has 1 heterocycles. The first-order valence-electron chi connectivity index (χ1n) is 12.6. The Morgan fingerprint density at radius 1 is 1.03 bits per heavy atom. The van der Waals surface area contributed by atoms with E-state index < -0.39 is 17.6 Å². The molecule has 0 aliphatic heterocycles. The van der Waals surface area contributed by atoms with Gasteiger partial charge in [0, 0.05) is 41.1 Å². The van der Waals surface area contributed by atoms with E-state index in [-0.39, 0.29) is 24.1 Å². The van der Waals surface area contributed by atoms with Gasteiger partial charge in [-0.25, -0.2) is 0 Å². The Kier molecular flexibility index (Phi) is 10.2. The Bertz CT molecular complexity index is 1220. The molecule has 0 atom stereocenters. The summed E-state index contributed by atoms with van der Waals surface area (Å²) in [6, 6.07) is 15.9. The van der Waals surface area contributed by atoms with Crippen molar-refractivity contribution >= 4 is 27.7 Å². The Hall–Kier alpha value is -3.07. The highest BCUT2D eigenvalue weighted by Gasteiger charge is 2.32. The quantitative estimate of drug-likeness (QED) is 0.241. The standard InChI is InChI=1S/C29H33BrF3N3O2/c1-4-5-15-35(19-26-10-7-16-34(26)18-22-11-13-25(30)14-12-22)27(37)20-36(21(2)3)28(38)23-8-6-9-24(17-23)29(31,32)33/h6-14,16-17,21H,4-5,15,18-20H2,1-3H3. The third-order valence-corrected chi connectivity index (χ3v) is 6.83. The second kappa shape index (κ2) is 13.1. The molecule has 2 amide bonds. The Labute approximate surface area is 230 Å². The second-order valence-corrected chi connectivity index (χ2v) is 10.4. The minimum absolute atomic E-state index is 0.0928. The fourth-order valence-electron chi connectivity index (χ4n) is 4.10. The number of hydrogen-bond acceptors (Lipinski definition) is 2. The van der Waals surface area contributed by atoms with Gasteiger partial charge in [0.25, 0.3) is 5.91 Å². The highest BCUT2D eigenvalue weighted by atomic mass is 79.9. The lowest BCUT2D eigenvalue weighted by atomic mass is 10.1. The van der Waals surface area contributed by atoms with E-state index in [1.165, 1.54) is 17.0 Å². The van der Waals surface area contributed by atoms with E-state index in [1.807, 2.05) is 49.5 Å². The number of unbranched alkanes of at least 4 members (excludes halogenated alkanes) is 1. The van der Waals surface area contributed by atoms with Gasteiger partial charge in [-0.15, -0.1) is 0 Å². The molecule has 204 valence electrons. The molecule has 38 heavy (non-hydrogen) atoms. The van der Waals surface area contributed by atoms with E-state index in [2.05, 4.69) is 20.5 Å². The predicted octanol–water partition coefficient (Wildman–Crippen LogP) is 7.00. The maximum Gasteiger partial charge on any atom is 0.416 e. The van der Waals surface area contributed by atoms with Crippen molar-refractivity contribution in [1.82, 2.24) is 14.4 Å². The largest absolute Gasteiger partial charge is 0.416 e. The first-order chi connectivity index (χ1) is 18.0. The first kappa shape index (κ1) is 29.5. The molecule has 0 saturated carbocycles. The lowest BCUT2D eigenvalue weighted by molar-refractivity contribution is -0.137. The number of hydrogen-bond donors (Lipinski definition) is 0. The number of benzene rings is 2. The molecule has 0 spiro atoms. The van der Waals surface area contributed by atoms with Gasteiger partial charge in [-0.1, -0.05) is 47.5 Å². The van der Waals surface area contributed by atoms with Crippen molar-refractivity contribution in [3.05, 3.63) is 93.7 Å². The number of carbonyl (C=O) groups excluding carboxylic acids is 2. The monoisotopic (exact) mass is 591 g/mol. The van der Waals surface area contributed by atoms with Gasteiger partial charge in [0.2, 0.25) is 5.91 Å². The Morgan fingerprint density at radius 3 is 2.37 bits per heavy atom. The maximum atomic E-state index is 13.5. The van der Waals surface area contributed by atoms with Crippen LogP contribution in [0.15, 0.2) is 71.3 Å². The SMILES string of the molecule is CCCCN(Cc1cccn1Cc1ccc(Br)cc1)C(=O)CN(C(=O)c1cccc(C(F)(F)F)c1)C(C)C. The summed E-state index contributed by atoms with van der Waals surface area (Å²) in [4.78, 5) is 29.8. The Balaban J connectivity index is 1.78. The van der Waals surface area contributed by atoms with E-state index in [1.54, 1.807) is 18.7 Å². The molecule has 2 aromatic carbocycles. The summed E-state index contributed by atoms with van der Waals surface area (Å²) in [6.07, 6.45) is -0.905. The van der Waals surface area contributed by atoms with Crippen molar-refractivity contribution in [2.45, 2.75) is 58.9 Å². The van der Waals surface area contributed by atoms with Gasteiger partial charge < -0.3 is 14.4 Å². The van der Waals surface area contributed by atoms with Crippen molar-refractivity contribution in [3.63, 3.8) is 0 Å². The van der Waals surface area contributed by atoms with Crippen LogP contribution >= 0.6 is 15.9 Å². The third-order valence-electron chi connectivity index (χ3n) is 6.30. The van der Waals surface area contributed by atoms with Crippen LogP contribution in [0.2, 0.25) is 0 Å². The molecule has 0 bridgehead atoms. The molecule has 0 aliphatic carbocycles. The zero-order valence-corrected chi connectivity index (χ0v) is 23.4. The number of aromatic nitrogens is 1. The van der Waals surface area contributed by atoms with Crippen LogP contribution in [0, 0.1) is 0 Å². The van der Waals surface area contributed by atoms with Gasteiger partial charge in [-0.2, -0.15) is 13.2 Å². The van der Waals surface area contributed by atoms with Crippen LogP contribution in [0.25, 0.3) is 0 Å². The van der Waals surface area contributed by atoms with E-state index in [4.69, 9.17) is 0 Å². The zero-order valence-electron chi connectivity index (χ0n) is 21.8. The van der Waals surface area contributed by atoms with Crippen molar-refractivity contribution < 1.29 is 22.8 Å². The van der Waals surface area contributed by atoms with Crippen LogP contribution in [-0.2, 0) is 24.1 Å². The molecule has 9 heteroatoms. The summed E-state index contributed by atoms with van der Waals surface area (Å²) in [5, 5.41) is 0. The van der Waals surface area contributed by atoms with Crippen LogP contribution in [0.3, 0.4) is 0 Å². The maximum absolute atomic E-state index is 13.5. The molecule has 0 radical (unpaired) electrons. The third kappa shape index (κ3) is 7.96. The van der Waals surface area contributed by atoms with E-state index >= 15 is 0 Å². The molecule has 0 aliphatic rings. The minimum atomic E-state index is -4.56. The minimum Gasteiger partial charge on any atom is -0.345 e. The number of nitrogens with zero attached hydrogens (tertiary/aromatic N) is 3. The highest BCUT2D eigenvalue weighted by Crippen LogP contribution is 2.30. The van der Waals surface area contributed by atoms with Crippen molar-refractivity contribution in [2.75, 3.05) is 13.1 Å². The molecule has 0 saturated heterocycles. The van der Waals surface area contributed by atoms with E-state index in [0.717, 1.165) is 40.7 Å². The molecule has 5 nitrogen and oxygen atoms in total. The normalized spacial score (nSPS) is 11.6. The van der Waals surface area contributed by atoms with Crippen LogP contribution in [0.4, 0.5) is 13.2 Å². The summed E-state index contributed by atoms with van der Waals surface area (Å²) in [7, 11) is 0. The topological polar surface area (TPSA) is 45.6 Å². The number of amides is 2. The molecule has 1 aromatic heterocycles. The van der Waals surface area contributed by atoms with Crippen molar-refractivity contribution in [2.24, 2.45) is 0 Å². The number of carbonyl (C=O) groups is 2. The molecule has 0 unspecified atom stereocenters. The fraction of sp³-hybridized carbons (Fsp3) is 0.379. The van der Waals surface area contributed by atoms with Gasteiger partial charge in [0.15, 0.2) is 0 Å². The average molecular weight is 593 g/mol. The first-order valence-corrected chi connectivity index (χ1v) is 13.4. The van der Waals surface area contributed by atoms with Crippen LogP contribution in [-0.4, -0.2) is 45.3 Å². The molecule has 3 aromatic rings. The van der Waals surface area contributed by atoms with Gasteiger partial charge in [-0.05, 0) is 68.3 Å². The lowest BCUT2D eigenvalue weighted by Gasteiger charge is -2.30. The summed E-state index contributed by atoms with van der Waals surface area (Å²) in [5.41, 5.74) is 1.09. The second-order valence-electron chi connectivity index (χ2n) is 9.53. The van der Waals surface area contributed by atoms with Gasteiger partial charge in [-0.3, -0.25) is 9.59 Å². The van der Waals surface area contributed by atoms with Crippen LogP contribution < -0.4 is 0 Å². The number of rotatable bonds is 11. The molecule has 0 N–H and O–H groups in total. The lowest BCUT2D eigenvalue weighted by Crippen LogP contribution is -2.46. The summed E-state index contributed by atoms with van der Waals surface area (Å²) in [5.74, 6) is -0.850. The summed E-state index contributed by atoms with van der Waals surface area (Å²) >= 11 is 3.45. The van der Waals surface area contributed by atoms with Crippen molar-refractivity contribution in [3.8, 4) is 0 Å². The molecular formula is C29H33BrF3N3O2. The highest BCUT2D eigenvalue weighted by molar-refractivity contribution is 9.10. The number of halogens is 4. The predicted molar refractivity (Wildman–Crippen MR) is 146 cm³/mol. The molecule has 0 fully saturated rings. The molecule has 3 rings (SSSR count). The van der Waals surface area contributed by atoms with Gasteiger partial charge in [0.1, 0.15) is 6.54 Å². The summed E-state index contributed by atoms with van der Waals surface area (Å²) in [6.45, 7) is 6.85. The average Bonchev–Trinajstić information content (AvgIpc) is 3.31. The summed E-state index contributed by atoms with van der Waals surface area (Å²) < 4.78 is 42.7. The Morgan fingerprint density at radius 2 is 1.74 bits per heavy atom. The van der Waals surface area contributed by atoms with E-state index in [0.29, 0.717) is 19.6 Å². The van der Waals surface area contributed by atoms with Gasteiger partial charge >= 0.3 is 6.18 Å². The van der Waals surface area contributed by atoms with Crippen LogP contribution in [0.1, 0.15) is 60.8 Å². The van der Waals surface area contributed by atoms with Gasteiger partial charge in [0.05, 0.1) is 12.1 Å². The van der Waals surface area contributed by atoms with E-state index in [9.17, 15) is 22.8 Å². The van der Waals surface area contributed by atoms with Crippen molar-refractivity contribution in [1.29, 1.82) is 0 Å². The van der Waals surface area contributed by atoms with Crippen LogP contribution in [0.5, 0.6) is 0 Å². The molecular weight excluding hydrogens is 559 g/mol. The smallest absolute Gasteiger partial charge is 0.345 e. The zero-order chi connectivity index (χ0) is 27.9. The number of alkyl halides is 3. The fourth-order valence-corrected chi connectivity index (χ4v) is 4.36.